The lowest BCUT2D eigenvalue weighted by atomic mass is 10.1. The first-order valence-corrected chi connectivity index (χ1v) is 12.1. The highest BCUT2D eigenvalue weighted by molar-refractivity contribution is 7.89. The SMILES string of the molecule is CCc1ccc(S(=O)(=O)N(CC(=O)N2CCNCC2)C2CCCCCC2)cc1. The predicted molar refractivity (Wildman–Crippen MR) is 111 cm³/mol. The van der Waals surface area contributed by atoms with Gasteiger partial charge in [0, 0.05) is 32.2 Å². The monoisotopic (exact) mass is 407 g/mol. The quantitative estimate of drug-likeness (QED) is 0.735. The van der Waals surface area contributed by atoms with E-state index >= 15 is 0 Å². The number of nitrogens with one attached hydrogen (secondary N) is 1. The zero-order chi connectivity index (χ0) is 20.0. The van der Waals surface area contributed by atoms with Crippen molar-refractivity contribution in [2.75, 3.05) is 32.7 Å². The molecule has 1 saturated carbocycles. The van der Waals surface area contributed by atoms with Crippen LogP contribution < -0.4 is 5.32 Å². The normalized spacial score (nSPS) is 19.6. The minimum Gasteiger partial charge on any atom is -0.339 e. The van der Waals surface area contributed by atoms with Gasteiger partial charge in [-0.3, -0.25) is 4.79 Å². The van der Waals surface area contributed by atoms with Gasteiger partial charge in [0.1, 0.15) is 0 Å². The number of rotatable bonds is 6. The van der Waals surface area contributed by atoms with Crippen LogP contribution in [-0.2, 0) is 21.2 Å². The van der Waals surface area contributed by atoms with Gasteiger partial charge in [-0.2, -0.15) is 4.31 Å². The van der Waals surface area contributed by atoms with E-state index < -0.39 is 10.0 Å². The Labute approximate surface area is 169 Å². The standard InChI is InChI=1S/C21H33N3O3S/c1-2-18-9-11-20(12-10-18)28(26,27)24(19-7-5-3-4-6-8-19)17-21(25)23-15-13-22-14-16-23/h9-12,19,22H,2-8,13-17H2,1H3. The van der Waals surface area contributed by atoms with E-state index in [1.165, 1.54) is 4.31 Å². The summed E-state index contributed by atoms with van der Waals surface area (Å²) in [6.07, 6.45) is 6.86. The molecular formula is C21H33N3O3S. The van der Waals surface area contributed by atoms with Crippen molar-refractivity contribution in [2.45, 2.75) is 62.8 Å². The van der Waals surface area contributed by atoms with Crippen molar-refractivity contribution in [3.63, 3.8) is 0 Å². The molecule has 1 aromatic rings. The molecule has 2 aliphatic rings. The fourth-order valence-corrected chi connectivity index (χ4v) is 5.77. The second kappa shape index (κ2) is 9.85. The molecule has 1 aromatic carbocycles. The fraction of sp³-hybridized carbons (Fsp3) is 0.667. The van der Waals surface area contributed by atoms with E-state index in [0.29, 0.717) is 18.0 Å². The van der Waals surface area contributed by atoms with Crippen LogP contribution in [0.3, 0.4) is 0 Å². The Morgan fingerprint density at radius 2 is 1.68 bits per heavy atom. The Hall–Kier alpha value is -1.44. The Morgan fingerprint density at radius 3 is 2.25 bits per heavy atom. The number of amides is 1. The maximum absolute atomic E-state index is 13.5. The van der Waals surface area contributed by atoms with Gasteiger partial charge in [-0.25, -0.2) is 8.42 Å². The van der Waals surface area contributed by atoms with Crippen LogP contribution in [0.4, 0.5) is 0 Å². The summed E-state index contributed by atoms with van der Waals surface area (Å²) in [6.45, 7) is 4.81. The van der Waals surface area contributed by atoms with Gasteiger partial charge in [0.25, 0.3) is 0 Å². The highest BCUT2D eigenvalue weighted by Crippen LogP contribution is 2.27. The molecule has 7 heteroatoms. The van der Waals surface area contributed by atoms with Gasteiger partial charge in [0.15, 0.2) is 0 Å². The van der Waals surface area contributed by atoms with Crippen LogP contribution in [-0.4, -0.2) is 62.3 Å². The number of nitrogens with zero attached hydrogens (tertiary/aromatic N) is 2. The Morgan fingerprint density at radius 1 is 1.07 bits per heavy atom. The van der Waals surface area contributed by atoms with Gasteiger partial charge in [-0.05, 0) is 37.0 Å². The molecule has 1 amide bonds. The molecule has 0 radical (unpaired) electrons. The Bertz CT molecular complexity index is 735. The molecule has 2 fully saturated rings. The molecule has 3 rings (SSSR count). The first-order chi connectivity index (χ1) is 13.5. The van der Waals surface area contributed by atoms with Crippen LogP contribution in [0.1, 0.15) is 51.0 Å². The third-order valence-electron chi connectivity index (χ3n) is 5.93. The van der Waals surface area contributed by atoms with E-state index in [9.17, 15) is 13.2 Å². The van der Waals surface area contributed by atoms with E-state index in [0.717, 1.165) is 63.6 Å². The lowest BCUT2D eigenvalue weighted by molar-refractivity contribution is -0.132. The van der Waals surface area contributed by atoms with Crippen molar-refractivity contribution >= 4 is 15.9 Å². The molecule has 0 bridgehead atoms. The van der Waals surface area contributed by atoms with Crippen LogP contribution in [0.2, 0.25) is 0 Å². The number of hydrogen-bond acceptors (Lipinski definition) is 4. The Balaban J connectivity index is 1.86. The molecule has 1 aliphatic carbocycles. The molecular weight excluding hydrogens is 374 g/mol. The van der Waals surface area contributed by atoms with Crippen molar-refractivity contribution < 1.29 is 13.2 Å². The highest BCUT2D eigenvalue weighted by atomic mass is 32.2. The Kier molecular flexibility index (Phi) is 7.48. The maximum Gasteiger partial charge on any atom is 0.243 e. The third kappa shape index (κ3) is 5.13. The van der Waals surface area contributed by atoms with Crippen molar-refractivity contribution in [3.8, 4) is 0 Å². The summed E-state index contributed by atoms with van der Waals surface area (Å²) in [5, 5.41) is 3.24. The predicted octanol–water partition coefficient (Wildman–Crippen LogP) is 2.39. The summed E-state index contributed by atoms with van der Waals surface area (Å²) >= 11 is 0. The zero-order valence-corrected chi connectivity index (χ0v) is 17.7. The molecule has 1 N–H and O–H groups in total. The van der Waals surface area contributed by atoms with E-state index in [-0.39, 0.29) is 18.5 Å². The lowest BCUT2D eigenvalue weighted by Crippen LogP contribution is -2.52. The lowest BCUT2D eigenvalue weighted by Gasteiger charge is -2.33. The van der Waals surface area contributed by atoms with Gasteiger partial charge in [-0.15, -0.1) is 0 Å². The number of carbonyl (C=O) groups excluding carboxylic acids is 1. The second-order valence-corrected chi connectivity index (χ2v) is 9.71. The number of hydrogen-bond donors (Lipinski definition) is 1. The van der Waals surface area contributed by atoms with Crippen LogP contribution >= 0.6 is 0 Å². The van der Waals surface area contributed by atoms with Crippen LogP contribution in [0.15, 0.2) is 29.2 Å². The summed E-state index contributed by atoms with van der Waals surface area (Å²) in [4.78, 5) is 15.0. The van der Waals surface area contributed by atoms with E-state index in [1.54, 1.807) is 17.0 Å². The highest BCUT2D eigenvalue weighted by Gasteiger charge is 2.34. The van der Waals surface area contributed by atoms with E-state index in [4.69, 9.17) is 0 Å². The van der Waals surface area contributed by atoms with Crippen LogP contribution in [0.25, 0.3) is 0 Å². The molecule has 0 aromatic heterocycles. The molecule has 28 heavy (non-hydrogen) atoms. The molecule has 6 nitrogen and oxygen atoms in total. The van der Waals surface area contributed by atoms with Crippen molar-refractivity contribution in [3.05, 3.63) is 29.8 Å². The van der Waals surface area contributed by atoms with Gasteiger partial charge >= 0.3 is 0 Å². The van der Waals surface area contributed by atoms with Crippen molar-refractivity contribution in [1.29, 1.82) is 0 Å². The van der Waals surface area contributed by atoms with E-state index in [2.05, 4.69) is 5.32 Å². The topological polar surface area (TPSA) is 69.7 Å². The fourth-order valence-electron chi connectivity index (χ4n) is 4.14. The smallest absolute Gasteiger partial charge is 0.243 e. The zero-order valence-electron chi connectivity index (χ0n) is 16.9. The number of carbonyl (C=O) groups is 1. The molecule has 1 aliphatic heterocycles. The number of benzene rings is 1. The third-order valence-corrected chi connectivity index (χ3v) is 7.84. The molecule has 0 unspecified atom stereocenters. The summed E-state index contributed by atoms with van der Waals surface area (Å²) in [7, 11) is -3.71. The average molecular weight is 408 g/mol. The van der Waals surface area contributed by atoms with Gasteiger partial charge in [-0.1, -0.05) is 44.7 Å². The maximum atomic E-state index is 13.5. The number of piperazine rings is 1. The molecule has 1 heterocycles. The molecule has 0 spiro atoms. The molecule has 156 valence electrons. The minimum absolute atomic E-state index is 0.0530. The summed E-state index contributed by atoms with van der Waals surface area (Å²) < 4.78 is 28.5. The minimum atomic E-state index is -3.71. The average Bonchev–Trinajstić information content (AvgIpc) is 3.01. The number of aryl methyl sites for hydroxylation is 1. The summed E-state index contributed by atoms with van der Waals surface area (Å²) in [6, 6.07) is 7.03. The van der Waals surface area contributed by atoms with Crippen molar-refractivity contribution in [2.24, 2.45) is 0 Å². The van der Waals surface area contributed by atoms with Gasteiger partial charge in [0.2, 0.25) is 15.9 Å². The first kappa shape index (κ1) is 21.3. The van der Waals surface area contributed by atoms with Gasteiger partial charge in [0.05, 0.1) is 11.4 Å². The van der Waals surface area contributed by atoms with Gasteiger partial charge < -0.3 is 10.2 Å². The van der Waals surface area contributed by atoms with E-state index in [1.807, 2.05) is 19.1 Å². The molecule has 0 atom stereocenters. The van der Waals surface area contributed by atoms with Crippen LogP contribution in [0.5, 0.6) is 0 Å². The number of sulfonamides is 1. The summed E-state index contributed by atoms with van der Waals surface area (Å²) in [5.74, 6) is -0.0838. The molecule has 1 saturated heterocycles. The first-order valence-electron chi connectivity index (χ1n) is 10.6. The second-order valence-electron chi connectivity index (χ2n) is 7.82. The van der Waals surface area contributed by atoms with Crippen LogP contribution in [0, 0.1) is 0 Å². The summed E-state index contributed by atoms with van der Waals surface area (Å²) in [5.41, 5.74) is 1.11. The largest absolute Gasteiger partial charge is 0.339 e. The van der Waals surface area contributed by atoms with Crippen molar-refractivity contribution in [1.82, 2.24) is 14.5 Å².